The van der Waals surface area contributed by atoms with Crippen molar-refractivity contribution < 1.29 is 4.74 Å². The lowest BCUT2D eigenvalue weighted by molar-refractivity contribution is 0.295. The van der Waals surface area contributed by atoms with Gasteiger partial charge in [0, 0.05) is 6.04 Å². The topological polar surface area (TPSA) is 35.2 Å². The first-order valence-corrected chi connectivity index (χ1v) is 7.61. The molecule has 0 radical (unpaired) electrons. The molecule has 0 aromatic heterocycles. The summed E-state index contributed by atoms with van der Waals surface area (Å²) in [6.45, 7) is 7.44. The Morgan fingerprint density at radius 3 is 2.63 bits per heavy atom. The molecule has 2 unspecified atom stereocenters. The normalized spacial score (nSPS) is 18.1. The fraction of sp³-hybridized carbons (Fsp3) is 0.647. The molecule has 2 heteroatoms. The van der Waals surface area contributed by atoms with E-state index in [9.17, 15) is 0 Å². The molecule has 0 heterocycles. The van der Waals surface area contributed by atoms with Crippen LogP contribution < -0.4 is 10.5 Å². The molecule has 1 aromatic rings. The Balaban J connectivity index is 2.14. The Bertz CT molecular complexity index is 410. The minimum absolute atomic E-state index is 0.211. The van der Waals surface area contributed by atoms with Crippen LogP contribution in [-0.4, -0.2) is 12.6 Å². The van der Waals surface area contributed by atoms with Gasteiger partial charge in [-0.25, -0.2) is 0 Å². The second kappa shape index (κ2) is 6.42. The zero-order chi connectivity index (χ0) is 13.8. The monoisotopic (exact) mass is 261 g/mol. The molecule has 1 fully saturated rings. The Kier molecular flexibility index (Phi) is 4.87. The zero-order valence-corrected chi connectivity index (χ0v) is 12.5. The number of hydrogen-bond donors (Lipinski definition) is 1. The summed E-state index contributed by atoms with van der Waals surface area (Å²) in [5.41, 5.74) is 8.57. The average molecular weight is 261 g/mol. The van der Waals surface area contributed by atoms with Crippen molar-refractivity contribution in [3.05, 3.63) is 29.3 Å². The minimum Gasteiger partial charge on any atom is -0.493 e. The second-order valence-electron chi connectivity index (χ2n) is 6.12. The molecule has 0 saturated heterocycles. The van der Waals surface area contributed by atoms with E-state index < -0.39 is 0 Å². The highest BCUT2D eigenvalue weighted by Crippen LogP contribution is 2.33. The summed E-state index contributed by atoms with van der Waals surface area (Å²) in [5, 5.41) is 0. The predicted molar refractivity (Wildman–Crippen MR) is 80.7 cm³/mol. The Hall–Kier alpha value is -1.02. The van der Waals surface area contributed by atoms with Gasteiger partial charge in [-0.2, -0.15) is 0 Å². The molecule has 0 bridgehead atoms. The maximum atomic E-state index is 6.01. The molecule has 2 rings (SSSR count). The predicted octanol–water partition coefficient (Wildman–Crippen LogP) is 3.88. The Labute approximate surface area is 117 Å². The van der Waals surface area contributed by atoms with E-state index in [-0.39, 0.29) is 6.04 Å². The van der Waals surface area contributed by atoms with Crippen LogP contribution in [0.15, 0.2) is 18.2 Å². The lowest BCUT2D eigenvalue weighted by Gasteiger charge is -2.18. The van der Waals surface area contributed by atoms with Gasteiger partial charge in [-0.3, -0.25) is 0 Å². The van der Waals surface area contributed by atoms with Crippen LogP contribution in [0.3, 0.4) is 0 Å². The van der Waals surface area contributed by atoms with Crippen LogP contribution in [0.4, 0.5) is 0 Å². The molecule has 1 aliphatic rings. The van der Waals surface area contributed by atoms with Crippen LogP contribution in [0.25, 0.3) is 0 Å². The van der Waals surface area contributed by atoms with E-state index in [0.717, 1.165) is 31.1 Å². The van der Waals surface area contributed by atoms with Gasteiger partial charge in [0.2, 0.25) is 0 Å². The molecule has 106 valence electrons. The van der Waals surface area contributed by atoms with Crippen molar-refractivity contribution in [2.24, 2.45) is 11.7 Å². The van der Waals surface area contributed by atoms with Crippen molar-refractivity contribution in [1.82, 2.24) is 0 Å². The quantitative estimate of drug-likeness (QED) is 0.808. The van der Waals surface area contributed by atoms with Gasteiger partial charge in [0.05, 0.1) is 6.61 Å². The van der Waals surface area contributed by atoms with Crippen molar-refractivity contribution >= 4 is 0 Å². The molecule has 1 saturated carbocycles. The first-order chi connectivity index (χ1) is 9.10. The number of benzene rings is 1. The molecule has 2 N–H and O–H groups in total. The van der Waals surface area contributed by atoms with Crippen molar-refractivity contribution in [2.45, 2.75) is 58.4 Å². The van der Waals surface area contributed by atoms with Crippen molar-refractivity contribution in [3.8, 4) is 5.75 Å². The maximum absolute atomic E-state index is 6.01. The SMILES string of the molecule is CCC(C)c1cc(CC(C)N)ccc1OCC1CC1. The minimum atomic E-state index is 0.211. The zero-order valence-electron chi connectivity index (χ0n) is 12.5. The maximum Gasteiger partial charge on any atom is 0.122 e. The summed E-state index contributed by atoms with van der Waals surface area (Å²) in [5.74, 6) is 2.42. The van der Waals surface area contributed by atoms with E-state index >= 15 is 0 Å². The molecule has 1 aromatic carbocycles. The largest absolute Gasteiger partial charge is 0.493 e. The smallest absolute Gasteiger partial charge is 0.122 e. The van der Waals surface area contributed by atoms with Gasteiger partial charge in [-0.1, -0.05) is 26.0 Å². The van der Waals surface area contributed by atoms with Crippen LogP contribution in [0, 0.1) is 5.92 Å². The number of hydrogen-bond acceptors (Lipinski definition) is 2. The standard InChI is InChI=1S/C17H27NO/c1-4-12(2)16-10-15(9-13(3)18)7-8-17(16)19-11-14-5-6-14/h7-8,10,12-14H,4-6,9,11,18H2,1-3H3. The fourth-order valence-corrected chi connectivity index (χ4v) is 2.33. The lowest BCUT2D eigenvalue weighted by atomic mass is 9.94. The number of nitrogens with two attached hydrogens (primary N) is 1. The number of ether oxygens (including phenoxy) is 1. The Morgan fingerprint density at radius 2 is 2.05 bits per heavy atom. The van der Waals surface area contributed by atoms with Gasteiger partial charge in [0.15, 0.2) is 0 Å². The summed E-state index contributed by atoms with van der Waals surface area (Å²) in [4.78, 5) is 0. The summed E-state index contributed by atoms with van der Waals surface area (Å²) in [7, 11) is 0. The van der Waals surface area contributed by atoms with Crippen LogP contribution in [0.2, 0.25) is 0 Å². The average Bonchev–Trinajstić information content (AvgIpc) is 3.19. The van der Waals surface area contributed by atoms with Gasteiger partial charge < -0.3 is 10.5 Å². The highest BCUT2D eigenvalue weighted by molar-refractivity contribution is 5.40. The third-order valence-electron chi connectivity index (χ3n) is 3.95. The molecule has 2 nitrogen and oxygen atoms in total. The molecule has 1 aliphatic carbocycles. The van der Waals surface area contributed by atoms with E-state index in [1.165, 1.54) is 24.0 Å². The van der Waals surface area contributed by atoms with E-state index in [0.29, 0.717) is 5.92 Å². The number of rotatable bonds is 7. The highest BCUT2D eigenvalue weighted by Gasteiger charge is 2.22. The summed E-state index contributed by atoms with van der Waals surface area (Å²) in [6, 6.07) is 6.81. The van der Waals surface area contributed by atoms with E-state index in [1.54, 1.807) is 0 Å². The molecule has 19 heavy (non-hydrogen) atoms. The van der Waals surface area contributed by atoms with Crippen molar-refractivity contribution in [3.63, 3.8) is 0 Å². The molecular formula is C17H27NO. The first kappa shape index (κ1) is 14.4. The van der Waals surface area contributed by atoms with E-state index in [2.05, 4.69) is 39.0 Å². The van der Waals surface area contributed by atoms with Crippen molar-refractivity contribution in [1.29, 1.82) is 0 Å². The first-order valence-electron chi connectivity index (χ1n) is 7.61. The third-order valence-corrected chi connectivity index (χ3v) is 3.95. The van der Waals surface area contributed by atoms with Gasteiger partial charge in [-0.15, -0.1) is 0 Å². The van der Waals surface area contributed by atoms with Crippen molar-refractivity contribution in [2.75, 3.05) is 6.61 Å². The molecular weight excluding hydrogens is 234 g/mol. The van der Waals surface area contributed by atoms with Gasteiger partial charge >= 0.3 is 0 Å². The Morgan fingerprint density at radius 1 is 1.32 bits per heavy atom. The molecule has 0 amide bonds. The fourth-order valence-electron chi connectivity index (χ4n) is 2.33. The molecule has 0 spiro atoms. The lowest BCUT2D eigenvalue weighted by Crippen LogP contribution is -2.18. The molecule has 2 atom stereocenters. The van der Waals surface area contributed by atoms with Crippen LogP contribution >= 0.6 is 0 Å². The van der Waals surface area contributed by atoms with Gasteiger partial charge in [0.25, 0.3) is 0 Å². The summed E-state index contributed by atoms with van der Waals surface area (Å²) < 4.78 is 6.01. The highest BCUT2D eigenvalue weighted by atomic mass is 16.5. The van der Waals surface area contributed by atoms with Crippen LogP contribution in [-0.2, 0) is 6.42 Å². The van der Waals surface area contributed by atoms with E-state index in [4.69, 9.17) is 10.5 Å². The van der Waals surface area contributed by atoms with E-state index in [1.807, 2.05) is 0 Å². The summed E-state index contributed by atoms with van der Waals surface area (Å²) >= 11 is 0. The van der Waals surface area contributed by atoms with Gasteiger partial charge in [0.1, 0.15) is 5.75 Å². The van der Waals surface area contributed by atoms with Gasteiger partial charge in [-0.05, 0) is 61.6 Å². The summed E-state index contributed by atoms with van der Waals surface area (Å²) in [6.07, 6.45) is 4.75. The van der Waals surface area contributed by atoms with Crippen LogP contribution in [0.1, 0.15) is 57.1 Å². The molecule has 0 aliphatic heterocycles. The second-order valence-corrected chi connectivity index (χ2v) is 6.12. The van der Waals surface area contributed by atoms with Crippen LogP contribution in [0.5, 0.6) is 5.75 Å². The third kappa shape index (κ3) is 4.24.